The number of nitrogens with zero attached hydrogens (tertiary/aromatic N) is 3. The summed E-state index contributed by atoms with van der Waals surface area (Å²) in [5, 5.41) is 0.639. The zero-order chi connectivity index (χ0) is 23.5. The number of rotatable bonds is 8. The lowest BCUT2D eigenvalue weighted by Crippen LogP contribution is -2.25. The van der Waals surface area contributed by atoms with Gasteiger partial charge < -0.3 is 0 Å². The van der Waals surface area contributed by atoms with Gasteiger partial charge in [-0.1, -0.05) is 47.4 Å². The highest BCUT2D eigenvalue weighted by Gasteiger charge is 2.22. The van der Waals surface area contributed by atoms with E-state index in [1.807, 2.05) is 54.6 Å². The standard InChI is InChI=1S/C26H21N3O2S3/c1-17(30)18-12-14-19(15-13-18)29(25-27-20-7-2-4-9-22(20)33-25)24(31)11-6-16-32-26-28-21-8-3-5-10-23(21)34-26/h2-5,7-10,12-15H,6,11,16H2,1H3. The highest BCUT2D eigenvalue weighted by atomic mass is 32.2. The van der Waals surface area contributed by atoms with Crippen LogP contribution in [0, 0.1) is 0 Å². The van der Waals surface area contributed by atoms with Gasteiger partial charge in [0.2, 0.25) is 5.91 Å². The number of ketones is 1. The SMILES string of the molecule is CC(=O)c1ccc(N(C(=O)CCCSc2nc3ccccc3s2)c2nc3ccccc3s2)cc1. The number of benzene rings is 3. The summed E-state index contributed by atoms with van der Waals surface area (Å²) in [6.07, 6.45) is 1.12. The number of thiazole rings is 2. The molecule has 2 aromatic heterocycles. The lowest BCUT2D eigenvalue weighted by Gasteiger charge is -2.20. The van der Waals surface area contributed by atoms with Crippen molar-refractivity contribution in [1.82, 2.24) is 9.97 Å². The molecule has 0 atom stereocenters. The summed E-state index contributed by atoms with van der Waals surface area (Å²) in [4.78, 5) is 36.1. The zero-order valence-electron chi connectivity index (χ0n) is 18.4. The Kier molecular flexibility index (Phi) is 6.71. The number of aromatic nitrogens is 2. The molecule has 0 saturated carbocycles. The van der Waals surface area contributed by atoms with E-state index in [4.69, 9.17) is 4.98 Å². The average Bonchev–Trinajstić information content (AvgIpc) is 3.46. The molecule has 5 rings (SSSR count). The summed E-state index contributed by atoms with van der Waals surface area (Å²) in [6.45, 7) is 1.54. The van der Waals surface area contributed by atoms with E-state index in [1.54, 1.807) is 40.1 Å². The molecule has 5 nitrogen and oxygen atoms in total. The van der Waals surface area contributed by atoms with Gasteiger partial charge in [-0.3, -0.25) is 14.5 Å². The molecule has 0 N–H and O–H groups in total. The highest BCUT2D eigenvalue weighted by molar-refractivity contribution is 8.01. The second kappa shape index (κ2) is 10.0. The summed E-state index contributed by atoms with van der Waals surface area (Å²) in [7, 11) is 0. The maximum atomic E-state index is 13.4. The van der Waals surface area contributed by atoms with Crippen molar-refractivity contribution in [2.75, 3.05) is 10.7 Å². The molecule has 0 radical (unpaired) electrons. The molecule has 2 heterocycles. The number of Topliss-reactive ketones (excluding diaryl/α,β-unsaturated/α-hetero) is 1. The Morgan fingerprint density at radius 2 is 1.50 bits per heavy atom. The predicted molar refractivity (Wildman–Crippen MR) is 143 cm³/mol. The van der Waals surface area contributed by atoms with Gasteiger partial charge in [0.15, 0.2) is 15.3 Å². The normalized spacial score (nSPS) is 11.2. The molecule has 34 heavy (non-hydrogen) atoms. The molecular weight excluding hydrogens is 483 g/mol. The third-order valence-corrected chi connectivity index (χ3v) is 8.58. The van der Waals surface area contributed by atoms with Gasteiger partial charge in [0, 0.05) is 17.7 Å². The fraction of sp³-hybridized carbons (Fsp3) is 0.154. The van der Waals surface area contributed by atoms with Crippen LogP contribution in [0.1, 0.15) is 30.1 Å². The molecule has 0 spiro atoms. The molecule has 0 fully saturated rings. The van der Waals surface area contributed by atoms with E-state index in [-0.39, 0.29) is 11.7 Å². The van der Waals surface area contributed by atoms with Crippen molar-refractivity contribution in [1.29, 1.82) is 0 Å². The number of anilines is 2. The van der Waals surface area contributed by atoms with Crippen molar-refractivity contribution in [3.8, 4) is 0 Å². The second-order valence-electron chi connectivity index (χ2n) is 7.70. The molecule has 0 saturated heterocycles. The zero-order valence-corrected chi connectivity index (χ0v) is 20.9. The summed E-state index contributed by atoms with van der Waals surface area (Å²) in [5.74, 6) is 0.790. The number of carbonyl (C=O) groups is 2. The van der Waals surface area contributed by atoms with Gasteiger partial charge in [-0.05, 0) is 61.9 Å². The number of hydrogen-bond donors (Lipinski definition) is 0. The van der Waals surface area contributed by atoms with Gasteiger partial charge >= 0.3 is 0 Å². The van der Waals surface area contributed by atoms with Crippen LogP contribution in [0.4, 0.5) is 10.8 Å². The smallest absolute Gasteiger partial charge is 0.233 e. The van der Waals surface area contributed by atoms with Gasteiger partial charge in [0.05, 0.1) is 26.1 Å². The van der Waals surface area contributed by atoms with Crippen molar-refractivity contribution in [2.24, 2.45) is 0 Å². The first kappa shape index (κ1) is 22.7. The Labute approximate surface area is 209 Å². The van der Waals surface area contributed by atoms with Crippen molar-refractivity contribution < 1.29 is 9.59 Å². The minimum atomic E-state index is -0.0143. The first-order valence-corrected chi connectivity index (χ1v) is 13.5. The maximum absolute atomic E-state index is 13.4. The summed E-state index contributed by atoms with van der Waals surface area (Å²) < 4.78 is 3.23. The van der Waals surface area contributed by atoms with E-state index in [0.29, 0.717) is 22.8 Å². The summed E-state index contributed by atoms with van der Waals surface area (Å²) in [5.41, 5.74) is 3.22. The van der Waals surface area contributed by atoms with Gasteiger partial charge in [-0.25, -0.2) is 9.97 Å². The summed E-state index contributed by atoms with van der Waals surface area (Å²) >= 11 is 4.86. The molecule has 1 amide bonds. The van der Waals surface area contributed by atoms with Gasteiger partial charge in [0.1, 0.15) is 0 Å². The highest BCUT2D eigenvalue weighted by Crippen LogP contribution is 2.35. The average molecular weight is 504 g/mol. The van der Waals surface area contributed by atoms with Crippen molar-refractivity contribution in [2.45, 2.75) is 24.1 Å². The lowest BCUT2D eigenvalue weighted by molar-refractivity contribution is -0.117. The number of para-hydroxylation sites is 2. The topological polar surface area (TPSA) is 63.2 Å². The molecule has 0 unspecified atom stereocenters. The Morgan fingerprint density at radius 3 is 2.15 bits per heavy atom. The molecule has 5 aromatic rings. The third kappa shape index (κ3) is 4.89. The quantitative estimate of drug-likeness (QED) is 0.126. The van der Waals surface area contributed by atoms with Gasteiger partial charge in [-0.15, -0.1) is 11.3 Å². The maximum Gasteiger partial charge on any atom is 0.233 e. The minimum absolute atomic E-state index is 0.00344. The van der Waals surface area contributed by atoms with Crippen molar-refractivity contribution in [3.63, 3.8) is 0 Å². The first-order valence-electron chi connectivity index (χ1n) is 10.9. The van der Waals surface area contributed by atoms with Crippen LogP contribution in [0.5, 0.6) is 0 Å². The predicted octanol–water partition coefficient (Wildman–Crippen LogP) is 7.35. The lowest BCUT2D eigenvalue weighted by atomic mass is 10.1. The molecule has 8 heteroatoms. The molecule has 0 bridgehead atoms. The Hall–Kier alpha value is -3.07. The molecule has 0 aliphatic rings. The van der Waals surface area contributed by atoms with Crippen LogP contribution < -0.4 is 4.90 Å². The second-order valence-corrected chi connectivity index (χ2v) is 11.1. The van der Waals surface area contributed by atoms with E-state index < -0.39 is 0 Å². The minimum Gasteiger partial charge on any atom is -0.295 e. The van der Waals surface area contributed by atoms with Crippen LogP contribution >= 0.6 is 34.4 Å². The number of carbonyl (C=O) groups excluding carboxylic acids is 2. The number of fused-ring (bicyclic) bond motifs is 2. The van der Waals surface area contributed by atoms with E-state index in [2.05, 4.69) is 11.1 Å². The number of amides is 1. The van der Waals surface area contributed by atoms with Crippen LogP contribution in [-0.2, 0) is 4.79 Å². The number of hydrogen-bond acceptors (Lipinski definition) is 7. The van der Waals surface area contributed by atoms with Crippen LogP contribution in [0.25, 0.3) is 20.4 Å². The van der Waals surface area contributed by atoms with Crippen LogP contribution in [0.15, 0.2) is 77.1 Å². The molecule has 170 valence electrons. The van der Waals surface area contributed by atoms with E-state index in [9.17, 15) is 9.59 Å². The molecule has 3 aromatic carbocycles. The van der Waals surface area contributed by atoms with Crippen LogP contribution in [0.3, 0.4) is 0 Å². The van der Waals surface area contributed by atoms with Gasteiger partial charge in [0.25, 0.3) is 0 Å². The van der Waals surface area contributed by atoms with Gasteiger partial charge in [-0.2, -0.15) is 0 Å². The van der Waals surface area contributed by atoms with Crippen molar-refractivity contribution in [3.05, 3.63) is 78.4 Å². The Balaban J connectivity index is 1.32. The Bertz CT molecular complexity index is 1410. The van der Waals surface area contributed by atoms with Crippen molar-refractivity contribution >= 4 is 77.4 Å². The molecule has 0 aliphatic heterocycles. The fourth-order valence-corrected chi connectivity index (χ4v) is 6.65. The van der Waals surface area contributed by atoms with E-state index >= 15 is 0 Å². The molecule has 0 aliphatic carbocycles. The largest absolute Gasteiger partial charge is 0.295 e. The summed E-state index contributed by atoms with van der Waals surface area (Å²) in [6, 6.07) is 23.1. The van der Waals surface area contributed by atoms with E-state index in [0.717, 1.165) is 32.2 Å². The monoisotopic (exact) mass is 503 g/mol. The molecular formula is C26H21N3O2S3. The first-order chi connectivity index (χ1) is 16.6. The van der Waals surface area contributed by atoms with Crippen LogP contribution in [-0.4, -0.2) is 27.4 Å². The fourth-order valence-electron chi connectivity index (χ4n) is 3.57. The van der Waals surface area contributed by atoms with E-state index in [1.165, 1.54) is 23.0 Å². The Morgan fingerprint density at radius 1 is 0.853 bits per heavy atom. The van der Waals surface area contributed by atoms with Crippen LogP contribution in [0.2, 0.25) is 0 Å². The number of thioether (sulfide) groups is 1. The third-order valence-electron chi connectivity index (χ3n) is 5.29.